The molecule has 1 aromatic heterocycles. The van der Waals surface area contributed by atoms with Crippen molar-refractivity contribution in [3.05, 3.63) is 48.0 Å². The first kappa shape index (κ1) is 19.4. The maximum absolute atomic E-state index is 12.7. The fourth-order valence-corrected chi connectivity index (χ4v) is 3.74. The van der Waals surface area contributed by atoms with Gasteiger partial charge in [0.15, 0.2) is 0 Å². The largest absolute Gasteiger partial charge is 0.508 e. The van der Waals surface area contributed by atoms with Gasteiger partial charge < -0.3 is 19.5 Å². The van der Waals surface area contributed by atoms with Crippen LogP contribution in [0.3, 0.4) is 0 Å². The van der Waals surface area contributed by atoms with Crippen LogP contribution in [0.5, 0.6) is 5.75 Å². The quantitative estimate of drug-likeness (QED) is 0.813. The predicted octanol–water partition coefficient (Wildman–Crippen LogP) is 2.49. The van der Waals surface area contributed by atoms with Crippen molar-refractivity contribution in [1.29, 1.82) is 0 Å². The standard InChI is InChI=1S/C21H30N4O2/c1-23(2)11-4-13-24-14-10-22-21(24)18-5-3-12-25(16-18)20(27)15-17-6-8-19(26)9-7-17/h6-10,14,18,26H,3-5,11-13,15-16H2,1-2H3/t18-/m0/s1. The highest BCUT2D eigenvalue weighted by atomic mass is 16.3. The highest BCUT2D eigenvalue weighted by Crippen LogP contribution is 2.26. The molecule has 2 heterocycles. The molecule has 146 valence electrons. The number of phenolic OH excluding ortho intramolecular Hbond substituents is 1. The van der Waals surface area contributed by atoms with Crippen LogP contribution in [0.4, 0.5) is 0 Å². The molecule has 0 saturated carbocycles. The zero-order valence-corrected chi connectivity index (χ0v) is 16.3. The van der Waals surface area contributed by atoms with E-state index in [-0.39, 0.29) is 11.7 Å². The number of phenols is 1. The molecule has 6 heteroatoms. The van der Waals surface area contributed by atoms with Crippen LogP contribution >= 0.6 is 0 Å². The molecule has 0 unspecified atom stereocenters. The van der Waals surface area contributed by atoms with E-state index in [0.29, 0.717) is 12.3 Å². The SMILES string of the molecule is CN(C)CCCn1ccnc1[C@H]1CCCN(C(=O)Cc2ccc(O)cc2)C1. The van der Waals surface area contributed by atoms with Gasteiger partial charge in [0.25, 0.3) is 0 Å². The van der Waals surface area contributed by atoms with Crippen molar-refractivity contribution in [2.45, 2.75) is 38.1 Å². The topological polar surface area (TPSA) is 61.6 Å². The lowest BCUT2D eigenvalue weighted by Crippen LogP contribution is -2.40. The summed E-state index contributed by atoms with van der Waals surface area (Å²) in [5, 5.41) is 9.39. The Bertz CT molecular complexity index is 739. The monoisotopic (exact) mass is 370 g/mol. The fraction of sp³-hybridized carbons (Fsp3) is 0.524. The number of piperidine rings is 1. The normalized spacial score (nSPS) is 17.4. The first-order valence-corrected chi connectivity index (χ1v) is 9.74. The molecule has 3 rings (SSSR count). The minimum absolute atomic E-state index is 0.149. The Hall–Kier alpha value is -2.34. The van der Waals surface area contributed by atoms with Crippen LogP contribution in [-0.2, 0) is 17.8 Å². The summed E-state index contributed by atoms with van der Waals surface area (Å²) < 4.78 is 2.25. The van der Waals surface area contributed by atoms with E-state index in [0.717, 1.165) is 56.8 Å². The smallest absolute Gasteiger partial charge is 0.227 e. The van der Waals surface area contributed by atoms with Gasteiger partial charge in [-0.1, -0.05) is 12.1 Å². The van der Waals surface area contributed by atoms with Crippen LogP contribution in [0, 0.1) is 0 Å². The molecule has 1 aromatic carbocycles. The summed E-state index contributed by atoms with van der Waals surface area (Å²) in [4.78, 5) is 21.5. The number of nitrogens with zero attached hydrogens (tertiary/aromatic N) is 4. The number of amides is 1. The molecule has 1 amide bonds. The van der Waals surface area contributed by atoms with Crippen molar-refractivity contribution >= 4 is 5.91 Å². The average Bonchev–Trinajstić information content (AvgIpc) is 3.12. The minimum Gasteiger partial charge on any atom is -0.508 e. The van der Waals surface area contributed by atoms with Gasteiger partial charge in [0.1, 0.15) is 11.6 Å². The number of aryl methyl sites for hydroxylation is 1. The van der Waals surface area contributed by atoms with E-state index < -0.39 is 0 Å². The van der Waals surface area contributed by atoms with Crippen LogP contribution in [0.25, 0.3) is 0 Å². The molecule has 1 atom stereocenters. The Kier molecular flexibility index (Phi) is 6.50. The summed E-state index contributed by atoms with van der Waals surface area (Å²) in [5.41, 5.74) is 0.935. The van der Waals surface area contributed by atoms with Crippen molar-refractivity contribution in [2.75, 3.05) is 33.7 Å². The molecule has 1 saturated heterocycles. The predicted molar refractivity (Wildman–Crippen MR) is 106 cm³/mol. The van der Waals surface area contributed by atoms with Crippen molar-refractivity contribution in [2.24, 2.45) is 0 Å². The lowest BCUT2D eigenvalue weighted by atomic mass is 9.96. The third-order valence-corrected chi connectivity index (χ3v) is 5.18. The Morgan fingerprint density at radius 3 is 2.81 bits per heavy atom. The molecule has 1 fully saturated rings. The molecule has 1 N–H and O–H groups in total. The third-order valence-electron chi connectivity index (χ3n) is 5.18. The van der Waals surface area contributed by atoms with Crippen molar-refractivity contribution in [3.8, 4) is 5.75 Å². The summed E-state index contributed by atoms with van der Waals surface area (Å²) in [6, 6.07) is 6.89. The molecule has 0 radical (unpaired) electrons. The summed E-state index contributed by atoms with van der Waals surface area (Å²) in [5.74, 6) is 1.79. The summed E-state index contributed by atoms with van der Waals surface area (Å²) in [6.45, 7) is 3.57. The molecule has 1 aliphatic rings. The van der Waals surface area contributed by atoms with E-state index >= 15 is 0 Å². The van der Waals surface area contributed by atoms with Gasteiger partial charge in [-0.15, -0.1) is 0 Å². The Morgan fingerprint density at radius 1 is 1.30 bits per heavy atom. The lowest BCUT2D eigenvalue weighted by Gasteiger charge is -2.33. The van der Waals surface area contributed by atoms with E-state index in [1.807, 2.05) is 23.2 Å². The second-order valence-electron chi connectivity index (χ2n) is 7.66. The fourth-order valence-electron chi connectivity index (χ4n) is 3.74. The number of aromatic hydroxyl groups is 1. The maximum atomic E-state index is 12.7. The third kappa shape index (κ3) is 5.32. The molecule has 0 spiro atoms. The summed E-state index contributed by atoms with van der Waals surface area (Å²) in [7, 11) is 4.18. The first-order valence-electron chi connectivity index (χ1n) is 9.74. The molecule has 6 nitrogen and oxygen atoms in total. The number of carbonyl (C=O) groups excluding carboxylic acids is 1. The molecule has 2 aromatic rings. The Morgan fingerprint density at radius 2 is 2.07 bits per heavy atom. The van der Waals surface area contributed by atoms with Gasteiger partial charge in [0.05, 0.1) is 6.42 Å². The number of benzene rings is 1. The zero-order chi connectivity index (χ0) is 19.2. The highest BCUT2D eigenvalue weighted by molar-refractivity contribution is 5.79. The Labute approximate surface area is 161 Å². The number of hydrogen-bond acceptors (Lipinski definition) is 4. The molecule has 0 bridgehead atoms. The maximum Gasteiger partial charge on any atom is 0.227 e. The van der Waals surface area contributed by atoms with Crippen molar-refractivity contribution in [3.63, 3.8) is 0 Å². The van der Waals surface area contributed by atoms with Gasteiger partial charge >= 0.3 is 0 Å². The van der Waals surface area contributed by atoms with Gasteiger partial charge in [0.2, 0.25) is 5.91 Å². The van der Waals surface area contributed by atoms with E-state index in [1.165, 1.54) is 0 Å². The van der Waals surface area contributed by atoms with E-state index in [4.69, 9.17) is 0 Å². The molecular formula is C21H30N4O2. The first-order chi connectivity index (χ1) is 13.0. The van der Waals surface area contributed by atoms with Crippen molar-refractivity contribution in [1.82, 2.24) is 19.4 Å². The van der Waals surface area contributed by atoms with E-state index in [9.17, 15) is 9.90 Å². The van der Waals surface area contributed by atoms with Crippen LogP contribution in [-0.4, -0.2) is 64.1 Å². The van der Waals surface area contributed by atoms with Crippen LogP contribution in [0.2, 0.25) is 0 Å². The number of carbonyl (C=O) groups is 1. The van der Waals surface area contributed by atoms with Crippen LogP contribution in [0.15, 0.2) is 36.7 Å². The number of likely N-dealkylation sites (tertiary alicyclic amines) is 1. The molecule has 27 heavy (non-hydrogen) atoms. The number of hydrogen-bond donors (Lipinski definition) is 1. The highest BCUT2D eigenvalue weighted by Gasteiger charge is 2.27. The number of aromatic nitrogens is 2. The molecule has 1 aliphatic heterocycles. The molecular weight excluding hydrogens is 340 g/mol. The van der Waals surface area contributed by atoms with Crippen LogP contribution < -0.4 is 0 Å². The number of imidazole rings is 1. The van der Waals surface area contributed by atoms with Gasteiger partial charge in [0, 0.05) is 37.9 Å². The molecule has 0 aliphatic carbocycles. The summed E-state index contributed by atoms with van der Waals surface area (Å²) in [6.07, 6.45) is 7.49. The number of rotatable bonds is 7. The van der Waals surface area contributed by atoms with Crippen molar-refractivity contribution < 1.29 is 9.90 Å². The second kappa shape index (κ2) is 9.04. The zero-order valence-electron chi connectivity index (χ0n) is 16.3. The van der Waals surface area contributed by atoms with Gasteiger partial charge in [-0.25, -0.2) is 4.98 Å². The average molecular weight is 370 g/mol. The lowest BCUT2D eigenvalue weighted by molar-refractivity contribution is -0.131. The van der Waals surface area contributed by atoms with E-state index in [1.54, 1.807) is 12.1 Å². The van der Waals surface area contributed by atoms with Crippen LogP contribution in [0.1, 0.15) is 36.6 Å². The van der Waals surface area contributed by atoms with E-state index in [2.05, 4.69) is 34.7 Å². The Balaban J connectivity index is 1.60. The van der Waals surface area contributed by atoms with Gasteiger partial charge in [-0.05, 0) is 57.6 Å². The second-order valence-corrected chi connectivity index (χ2v) is 7.66. The summed E-state index contributed by atoms with van der Waals surface area (Å²) >= 11 is 0. The minimum atomic E-state index is 0.149. The van der Waals surface area contributed by atoms with Gasteiger partial charge in [-0.3, -0.25) is 4.79 Å². The van der Waals surface area contributed by atoms with Gasteiger partial charge in [-0.2, -0.15) is 0 Å².